The first-order valence-electron chi connectivity index (χ1n) is 8.38. The molecule has 0 saturated heterocycles. The Labute approximate surface area is 152 Å². The lowest BCUT2D eigenvalue weighted by molar-refractivity contribution is 0.0951. The summed E-state index contributed by atoms with van der Waals surface area (Å²) in [5.74, 6) is 1.20. The topological polar surface area (TPSA) is 81.9 Å². The van der Waals surface area contributed by atoms with E-state index in [9.17, 15) is 4.79 Å². The zero-order valence-corrected chi connectivity index (χ0v) is 15.0. The van der Waals surface area contributed by atoms with Crippen molar-refractivity contribution in [2.24, 2.45) is 0 Å². The van der Waals surface area contributed by atoms with Gasteiger partial charge >= 0.3 is 0 Å². The van der Waals surface area contributed by atoms with Crippen LogP contribution >= 0.6 is 0 Å². The number of hydrogen-bond acceptors (Lipinski definition) is 5. The number of ether oxygens (including phenoxy) is 1. The van der Waals surface area contributed by atoms with Gasteiger partial charge in [-0.1, -0.05) is 24.3 Å². The molecule has 1 heterocycles. The van der Waals surface area contributed by atoms with Crippen molar-refractivity contribution in [1.82, 2.24) is 25.5 Å². The van der Waals surface area contributed by atoms with Gasteiger partial charge in [0.25, 0.3) is 5.91 Å². The molecule has 0 atom stereocenters. The largest absolute Gasteiger partial charge is 0.497 e. The van der Waals surface area contributed by atoms with Crippen LogP contribution in [0.4, 0.5) is 0 Å². The lowest BCUT2D eigenvalue weighted by atomic mass is 10.1. The molecule has 0 unspecified atom stereocenters. The van der Waals surface area contributed by atoms with Gasteiger partial charge in [0.1, 0.15) is 5.75 Å². The first-order valence-corrected chi connectivity index (χ1v) is 8.38. The van der Waals surface area contributed by atoms with Gasteiger partial charge in [0.15, 0.2) is 0 Å². The fourth-order valence-corrected chi connectivity index (χ4v) is 2.36. The van der Waals surface area contributed by atoms with E-state index in [4.69, 9.17) is 4.74 Å². The number of rotatable bonds is 6. The van der Waals surface area contributed by atoms with E-state index in [1.165, 1.54) is 0 Å². The molecule has 2 aromatic carbocycles. The molecule has 26 heavy (non-hydrogen) atoms. The second kappa shape index (κ2) is 7.77. The highest BCUT2D eigenvalue weighted by molar-refractivity contribution is 5.94. The Kier molecular flexibility index (Phi) is 5.26. The van der Waals surface area contributed by atoms with Crippen LogP contribution in [0.5, 0.6) is 5.75 Å². The number of nitrogens with one attached hydrogen (secondary N) is 1. The van der Waals surface area contributed by atoms with Crippen molar-refractivity contribution >= 4 is 5.91 Å². The molecule has 0 aliphatic carbocycles. The van der Waals surface area contributed by atoms with Crippen LogP contribution in [0.25, 0.3) is 11.4 Å². The molecule has 0 radical (unpaired) electrons. The van der Waals surface area contributed by atoms with Crippen molar-refractivity contribution in [2.75, 3.05) is 7.11 Å². The van der Waals surface area contributed by atoms with E-state index in [1.54, 1.807) is 24.0 Å². The highest BCUT2D eigenvalue weighted by Gasteiger charge is 2.10. The number of hydrogen-bond donors (Lipinski definition) is 1. The average molecular weight is 351 g/mol. The number of benzene rings is 2. The monoisotopic (exact) mass is 351 g/mol. The normalized spacial score (nSPS) is 10.8. The molecule has 0 aliphatic heterocycles. The van der Waals surface area contributed by atoms with Gasteiger partial charge in [0.2, 0.25) is 5.82 Å². The third-order valence-corrected chi connectivity index (χ3v) is 3.91. The van der Waals surface area contributed by atoms with Gasteiger partial charge in [-0.3, -0.25) is 4.79 Å². The number of nitrogens with zero attached hydrogens (tertiary/aromatic N) is 4. The molecule has 0 bridgehead atoms. The molecular weight excluding hydrogens is 330 g/mol. The number of amides is 1. The summed E-state index contributed by atoms with van der Waals surface area (Å²) in [4.78, 5) is 13.9. The van der Waals surface area contributed by atoms with Crippen LogP contribution in [0.1, 0.15) is 35.8 Å². The molecule has 1 aromatic heterocycles. The summed E-state index contributed by atoms with van der Waals surface area (Å²) in [6, 6.07) is 14.9. The summed E-state index contributed by atoms with van der Waals surface area (Å²) < 4.78 is 5.12. The van der Waals surface area contributed by atoms with Crippen molar-refractivity contribution in [3.05, 3.63) is 59.7 Å². The van der Waals surface area contributed by atoms with Crippen molar-refractivity contribution < 1.29 is 9.53 Å². The summed E-state index contributed by atoms with van der Waals surface area (Å²) in [6.45, 7) is 4.43. The van der Waals surface area contributed by atoms with Gasteiger partial charge in [-0.15, -0.1) is 10.2 Å². The Balaban J connectivity index is 1.62. The SMILES string of the molecule is COc1ccc(CNC(=O)c2ccc(-c3nnn(C(C)C)n3)cc2)cc1. The Morgan fingerprint density at radius 2 is 1.81 bits per heavy atom. The second-order valence-corrected chi connectivity index (χ2v) is 6.14. The summed E-state index contributed by atoms with van der Waals surface area (Å²) in [5, 5.41) is 15.3. The van der Waals surface area contributed by atoms with Gasteiger partial charge in [-0.05, 0) is 48.9 Å². The molecular formula is C19H21N5O2. The number of carbonyl (C=O) groups is 1. The highest BCUT2D eigenvalue weighted by atomic mass is 16.5. The maximum atomic E-state index is 12.3. The van der Waals surface area contributed by atoms with Crippen LogP contribution in [0, 0.1) is 0 Å². The van der Waals surface area contributed by atoms with Gasteiger partial charge in [-0.2, -0.15) is 4.80 Å². The van der Waals surface area contributed by atoms with Crippen LogP contribution < -0.4 is 10.1 Å². The van der Waals surface area contributed by atoms with E-state index in [0.29, 0.717) is 17.9 Å². The van der Waals surface area contributed by atoms with Crippen LogP contribution in [0.15, 0.2) is 48.5 Å². The molecule has 1 N–H and O–H groups in total. The van der Waals surface area contributed by atoms with E-state index < -0.39 is 0 Å². The molecule has 7 nitrogen and oxygen atoms in total. The van der Waals surface area contributed by atoms with E-state index in [2.05, 4.69) is 20.7 Å². The number of carbonyl (C=O) groups excluding carboxylic acids is 1. The minimum Gasteiger partial charge on any atom is -0.497 e. The van der Waals surface area contributed by atoms with E-state index >= 15 is 0 Å². The molecule has 3 rings (SSSR count). The molecule has 134 valence electrons. The van der Waals surface area contributed by atoms with E-state index in [0.717, 1.165) is 16.9 Å². The lowest BCUT2D eigenvalue weighted by Crippen LogP contribution is -2.22. The van der Waals surface area contributed by atoms with Crippen molar-refractivity contribution in [1.29, 1.82) is 0 Å². The minimum atomic E-state index is -0.133. The maximum Gasteiger partial charge on any atom is 0.251 e. The van der Waals surface area contributed by atoms with Crippen LogP contribution in [-0.4, -0.2) is 33.2 Å². The molecule has 0 spiro atoms. The Bertz CT molecular complexity index is 870. The number of tetrazole rings is 1. The standard InChI is InChI=1S/C19H21N5O2/c1-13(2)24-22-18(21-23-24)15-6-8-16(9-7-15)19(25)20-12-14-4-10-17(26-3)11-5-14/h4-11,13H,12H2,1-3H3,(H,20,25). The lowest BCUT2D eigenvalue weighted by Gasteiger charge is -2.07. The molecule has 3 aromatic rings. The van der Waals surface area contributed by atoms with Crippen molar-refractivity contribution in [3.8, 4) is 17.1 Å². The van der Waals surface area contributed by atoms with Crippen LogP contribution in [0.2, 0.25) is 0 Å². The predicted molar refractivity (Wildman–Crippen MR) is 97.8 cm³/mol. The molecule has 0 aliphatic rings. The van der Waals surface area contributed by atoms with Gasteiger partial charge in [0, 0.05) is 17.7 Å². The van der Waals surface area contributed by atoms with E-state index in [1.807, 2.05) is 50.2 Å². The zero-order valence-electron chi connectivity index (χ0n) is 15.0. The fraction of sp³-hybridized carbons (Fsp3) is 0.263. The molecule has 0 fully saturated rings. The number of aromatic nitrogens is 4. The third-order valence-electron chi connectivity index (χ3n) is 3.91. The smallest absolute Gasteiger partial charge is 0.251 e. The minimum absolute atomic E-state index is 0.133. The predicted octanol–water partition coefficient (Wildman–Crippen LogP) is 2.86. The molecule has 1 amide bonds. The van der Waals surface area contributed by atoms with Gasteiger partial charge in [0.05, 0.1) is 13.2 Å². The van der Waals surface area contributed by atoms with Crippen molar-refractivity contribution in [2.45, 2.75) is 26.4 Å². The summed E-state index contributed by atoms with van der Waals surface area (Å²) in [5.41, 5.74) is 2.41. The fourth-order valence-electron chi connectivity index (χ4n) is 2.36. The first-order chi connectivity index (χ1) is 12.6. The Morgan fingerprint density at radius 3 is 2.38 bits per heavy atom. The van der Waals surface area contributed by atoms with E-state index in [-0.39, 0.29) is 11.9 Å². The highest BCUT2D eigenvalue weighted by Crippen LogP contribution is 2.16. The summed E-state index contributed by atoms with van der Waals surface area (Å²) in [7, 11) is 1.62. The Morgan fingerprint density at radius 1 is 1.12 bits per heavy atom. The second-order valence-electron chi connectivity index (χ2n) is 6.14. The zero-order chi connectivity index (χ0) is 18.5. The first kappa shape index (κ1) is 17.6. The van der Waals surface area contributed by atoms with Crippen LogP contribution in [-0.2, 0) is 6.54 Å². The molecule has 7 heteroatoms. The summed E-state index contributed by atoms with van der Waals surface area (Å²) >= 11 is 0. The quantitative estimate of drug-likeness (QED) is 0.738. The molecule has 0 saturated carbocycles. The maximum absolute atomic E-state index is 12.3. The van der Waals surface area contributed by atoms with Crippen molar-refractivity contribution in [3.63, 3.8) is 0 Å². The number of methoxy groups -OCH3 is 1. The van der Waals surface area contributed by atoms with Crippen LogP contribution in [0.3, 0.4) is 0 Å². The van der Waals surface area contributed by atoms with Gasteiger partial charge < -0.3 is 10.1 Å². The van der Waals surface area contributed by atoms with Gasteiger partial charge in [-0.25, -0.2) is 0 Å². The average Bonchev–Trinajstić information content (AvgIpc) is 3.17. The Hall–Kier alpha value is -3.22. The third kappa shape index (κ3) is 4.05. The summed E-state index contributed by atoms with van der Waals surface area (Å²) in [6.07, 6.45) is 0.